The molecule has 0 saturated carbocycles. The van der Waals surface area contributed by atoms with Gasteiger partial charge in [0.05, 0.1) is 0 Å². The second-order valence-electron chi connectivity index (χ2n) is 7.18. The summed E-state index contributed by atoms with van der Waals surface area (Å²) in [5, 5.41) is 0. The van der Waals surface area contributed by atoms with Crippen molar-refractivity contribution in [2.75, 3.05) is 4.90 Å². The first kappa shape index (κ1) is 35.2. The summed E-state index contributed by atoms with van der Waals surface area (Å²) in [6.45, 7) is 18.8. The van der Waals surface area contributed by atoms with Gasteiger partial charge in [-0.15, -0.1) is 12.1 Å². The fourth-order valence-corrected chi connectivity index (χ4v) is 2.55. The molecule has 0 aliphatic carbocycles. The van der Waals surface area contributed by atoms with E-state index in [0.717, 1.165) is 18.0 Å². The zero-order chi connectivity index (χ0) is 22.9. The van der Waals surface area contributed by atoms with E-state index in [1.807, 2.05) is 39.8 Å². The summed E-state index contributed by atoms with van der Waals surface area (Å²) in [5.41, 5.74) is 6.11. The van der Waals surface area contributed by atoms with Crippen molar-refractivity contribution in [3.05, 3.63) is 97.4 Å². The Hall–Kier alpha value is -1.44. The first-order valence-corrected chi connectivity index (χ1v) is 11.4. The van der Waals surface area contributed by atoms with Gasteiger partial charge in [-0.3, -0.25) is 0 Å². The van der Waals surface area contributed by atoms with Crippen LogP contribution in [0.15, 0.2) is 72.8 Å². The van der Waals surface area contributed by atoms with Gasteiger partial charge < -0.3 is 12.3 Å². The molecule has 0 aliphatic rings. The molecule has 32 heavy (non-hydrogen) atoms. The Labute approximate surface area is 225 Å². The summed E-state index contributed by atoms with van der Waals surface area (Å²) < 4.78 is 0. The van der Waals surface area contributed by atoms with E-state index in [2.05, 4.69) is 106 Å². The van der Waals surface area contributed by atoms with E-state index in [1.54, 1.807) is 0 Å². The molecule has 2 heteroatoms. The predicted octanol–water partition coefficient (Wildman–Crippen LogP) is 9.99. The van der Waals surface area contributed by atoms with Crippen molar-refractivity contribution in [2.45, 2.75) is 68.7 Å². The molecule has 3 aromatic carbocycles. The Balaban J connectivity index is -0.000000746. The summed E-state index contributed by atoms with van der Waals surface area (Å²) >= 11 is 0. The zero-order valence-electron chi connectivity index (χ0n) is 22.2. The molecule has 0 fully saturated rings. The Kier molecular flexibility index (Phi) is 23.5. The van der Waals surface area contributed by atoms with Crippen molar-refractivity contribution < 1.29 is 32.7 Å². The standard InChI is InChI=1S/C21H20N.C4H10.2C2H6.CH3.Y/c1-3-18-11-15-21(16-12-18)22(19-7-5-4-6-8-19)20-13-9-17(2)10-14-20;1-4(2)3;2*1-2;;/h5-16H,3H2,1-2H3;4H,1-3H3;2*1-2H3;1H3;/q-1;;;;-1;. The van der Waals surface area contributed by atoms with Gasteiger partial charge in [-0.2, -0.15) is 18.2 Å². The van der Waals surface area contributed by atoms with Crippen LogP contribution in [0.5, 0.6) is 0 Å². The van der Waals surface area contributed by atoms with Crippen molar-refractivity contribution in [1.82, 2.24) is 0 Å². The maximum absolute atomic E-state index is 3.09. The molecule has 0 spiro atoms. The number of aryl methyl sites for hydroxylation is 2. The average molecular weight is 509 g/mol. The van der Waals surface area contributed by atoms with E-state index in [1.165, 1.54) is 22.5 Å². The molecule has 1 nitrogen and oxygen atoms in total. The van der Waals surface area contributed by atoms with Gasteiger partial charge in [0.2, 0.25) is 0 Å². The molecule has 3 aromatic rings. The maximum Gasteiger partial charge on any atom is 0.0438 e. The summed E-state index contributed by atoms with van der Waals surface area (Å²) in [7, 11) is 0. The van der Waals surface area contributed by atoms with Crippen LogP contribution in [0.1, 0.15) is 66.5 Å². The zero-order valence-corrected chi connectivity index (χ0v) is 25.1. The average Bonchev–Trinajstić information content (AvgIpc) is 2.79. The van der Waals surface area contributed by atoms with Gasteiger partial charge in [0.1, 0.15) is 0 Å². The Bertz CT molecular complexity index is 759. The van der Waals surface area contributed by atoms with E-state index in [9.17, 15) is 0 Å². The number of anilines is 3. The monoisotopic (exact) mass is 508 g/mol. The van der Waals surface area contributed by atoms with Gasteiger partial charge >= 0.3 is 0 Å². The predicted molar refractivity (Wildman–Crippen MR) is 144 cm³/mol. The molecule has 0 bridgehead atoms. The van der Waals surface area contributed by atoms with Crippen LogP contribution in [0.3, 0.4) is 0 Å². The molecular formula is C30H45NY-2. The minimum atomic E-state index is 0. The van der Waals surface area contributed by atoms with Crippen molar-refractivity contribution in [1.29, 1.82) is 0 Å². The van der Waals surface area contributed by atoms with Gasteiger partial charge in [-0.25, -0.2) is 0 Å². The fraction of sp³-hybridized carbons (Fsp3) is 0.367. The van der Waals surface area contributed by atoms with Crippen molar-refractivity contribution >= 4 is 17.1 Å². The number of hydrogen-bond donors (Lipinski definition) is 0. The second-order valence-corrected chi connectivity index (χ2v) is 7.18. The molecule has 1 radical (unpaired) electrons. The molecule has 0 N–H and O–H groups in total. The third-order valence-electron chi connectivity index (χ3n) is 3.85. The summed E-state index contributed by atoms with van der Waals surface area (Å²) in [5.74, 6) is 0.833. The Morgan fingerprint density at radius 1 is 0.688 bits per heavy atom. The van der Waals surface area contributed by atoms with Crippen LogP contribution in [0, 0.1) is 26.3 Å². The SMILES string of the molecule is CC.CC.CC(C)C.CCc1ccc(N(c2cc[c-]cc2)c2ccc(C)cc2)cc1.[CH3-].[Y]. The quantitative estimate of drug-likeness (QED) is 0.317. The van der Waals surface area contributed by atoms with Crippen LogP contribution < -0.4 is 4.90 Å². The van der Waals surface area contributed by atoms with Crippen LogP contribution in [0.25, 0.3) is 0 Å². The molecule has 0 saturated heterocycles. The summed E-state index contributed by atoms with van der Waals surface area (Å²) in [6.07, 6.45) is 1.06. The van der Waals surface area contributed by atoms with Crippen molar-refractivity contribution in [3.63, 3.8) is 0 Å². The Morgan fingerprint density at radius 2 is 1.03 bits per heavy atom. The third-order valence-corrected chi connectivity index (χ3v) is 3.85. The molecule has 0 aliphatic heterocycles. The van der Waals surface area contributed by atoms with Gasteiger partial charge in [-0.05, 0) is 49.1 Å². The molecular weight excluding hydrogens is 463 g/mol. The van der Waals surface area contributed by atoms with Gasteiger partial charge in [-0.1, -0.05) is 90.9 Å². The molecule has 0 amide bonds. The van der Waals surface area contributed by atoms with Gasteiger partial charge in [0.25, 0.3) is 0 Å². The second kappa shape index (κ2) is 21.4. The molecule has 0 aromatic heterocycles. The first-order valence-electron chi connectivity index (χ1n) is 11.4. The Morgan fingerprint density at radius 3 is 1.41 bits per heavy atom. The molecule has 0 unspecified atom stereocenters. The number of nitrogens with zero attached hydrogens (tertiary/aromatic N) is 1. The normalized spacial score (nSPS) is 8.69. The van der Waals surface area contributed by atoms with E-state index in [-0.39, 0.29) is 40.1 Å². The van der Waals surface area contributed by atoms with Crippen LogP contribution in [-0.2, 0) is 39.1 Å². The van der Waals surface area contributed by atoms with Crippen molar-refractivity contribution in [3.8, 4) is 0 Å². The van der Waals surface area contributed by atoms with E-state index in [0.29, 0.717) is 0 Å². The third kappa shape index (κ3) is 13.2. The van der Waals surface area contributed by atoms with E-state index in [4.69, 9.17) is 0 Å². The van der Waals surface area contributed by atoms with Crippen LogP contribution in [0.2, 0.25) is 0 Å². The van der Waals surface area contributed by atoms with Crippen LogP contribution >= 0.6 is 0 Å². The minimum Gasteiger partial charge on any atom is -0.358 e. The number of rotatable bonds is 4. The number of hydrogen-bond acceptors (Lipinski definition) is 1. The first-order chi connectivity index (χ1) is 14.5. The summed E-state index contributed by atoms with van der Waals surface area (Å²) in [6, 6.07) is 28.6. The topological polar surface area (TPSA) is 3.24 Å². The molecule has 175 valence electrons. The molecule has 0 atom stereocenters. The van der Waals surface area contributed by atoms with E-state index >= 15 is 0 Å². The van der Waals surface area contributed by atoms with Crippen LogP contribution in [0.4, 0.5) is 17.1 Å². The van der Waals surface area contributed by atoms with Gasteiger partial charge in [0.15, 0.2) is 0 Å². The minimum absolute atomic E-state index is 0. The summed E-state index contributed by atoms with van der Waals surface area (Å²) in [4.78, 5) is 2.27. The van der Waals surface area contributed by atoms with Crippen molar-refractivity contribution in [2.24, 2.45) is 5.92 Å². The molecule has 3 rings (SSSR count). The van der Waals surface area contributed by atoms with E-state index < -0.39 is 0 Å². The maximum atomic E-state index is 3.09. The molecule has 0 heterocycles. The van der Waals surface area contributed by atoms with Gasteiger partial charge in [0, 0.05) is 44.1 Å². The number of benzene rings is 3. The smallest absolute Gasteiger partial charge is 0.0438 e. The largest absolute Gasteiger partial charge is 0.358 e. The van der Waals surface area contributed by atoms with Crippen LogP contribution in [-0.4, -0.2) is 0 Å². The fourth-order valence-electron chi connectivity index (χ4n) is 2.55.